The number of methoxy groups -OCH3 is 2. The van der Waals surface area contributed by atoms with Crippen molar-refractivity contribution in [1.82, 2.24) is 10.6 Å². The first-order chi connectivity index (χ1) is 12.7. The molecule has 0 saturated carbocycles. The molecule has 0 saturated heterocycles. The van der Waals surface area contributed by atoms with E-state index < -0.39 is 0 Å². The number of rotatable bonds is 8. The number of nitrogens with zero attached hydrogens (tertiary/aromatic N) is 1. The Bertz CT molecular complexity index is 724. The number of ether oxygens (including phenoxy) is 2. The van der Waals surface area contributed by atoms with E-state index >= 15 is 0 Å². The van der Waals surface area contributed by atoms with Crippen molar-refractivity contribution in [3.8, 4) is 11.5 Å². The van der Waals surface area contributed by atoms with Gasteiger partial charge in [0.1, 0.15) is 0 Å². The van der Waals surface area contributed by atoms with Gasteiger partial charge in [0.15, 0.2) is 17.5 Å². The summed E-state index contributed by atoms with van der Waals surface area (Å²) < 4.78 is 10.6. The quantitative estimate of drug-likeness (QED) is 0.244. The molecule has 2 aromatic rings. The number of aliphatic imine (C=N–C) groups is 1. The zero-order chi connectivity index (χ0) is 18.8. The van der Waals surface area contributed by atoms with E-state index in [-0.39, 0.29) is 24.0 Å². The first-order valence-corrected chi connectivity index (χ1v) is 8.94. The van der Waals surface area contributed by atoms with Crippen molar-refractivity contribution in [2.75, 3.05) is 27.8 Å². The van der Waals surface area contributed by atoms with E-state index in [1.165, 1.54) is 5.56 Å². The van der Waals surface area contributed by atoms with Crippen LogP contribution in [0.5, 0.6) is 11.5 Å². The molecule has 0 unspecified atom stereocenters. The fraction of sp³-hybridized carbons (Fsp3) is 0.350. The van der Waals surface area contributed by atoms with Crippen LogP contribution in [0.4, 0.5) is 0 Å². The molecule has 0 aliphatic carbocycles. The normalized spacial score (nSPS) is 10.7. The van der Waals surface area contributed by atoms with E-state index in [1.54, 1.807) is 21.3 Å². The highest BCUT2D eigenvalue weighted by Gasteiger charge is 2.05. The van der Waals surface area contributed by atoms with Crippen molar-refractivity contribution in [3.05, 3.63) is 58.6 Å². The van der Waals surface area contributed by atoms with Crippen LogP contribution in [0.15, 0.2) is 47.5 Å². The molecule has 2 aromatic carbocycles. The van der Waals surface area contributed by atoms with Crippen LogP contribution >= 0.6 is 35.6 Å². The second kappa shape index (κ2) is 12.7. The maximum Gasteiger partial charge on any atom is 0.191 e. The minimum Gasteiger partial charge on any atom is -0.493 e. The Morgan fingerprint density at radius 1 is 0.963 bits per heavy atom. The molecule has 2 rings (SSSR count). The average Bonchev–Trinajstić information content (AvgIpc) is 2.68. The lowest BCUT2D eigenvalue weighted by atomic mass is 10.1. The Kier molecular flexibility index (Phi) is 11.0. The van der Waals surface area contributed by atoms with Gasteiger partial charge in [-0.25, -0.2) is 0 Å². The van der Waals surface area contributed by atoms with Crippen LogP contribution in [0, 0.1) is 0 Å². The molecule has 0 aromatic heterocycles. The highest BCUT2D eigenvalue weighted by molar-refractivity contribution is 14.0. The van der Waals surface area contributed by atoms with Gasteiger partial charge in [-0.3, -0.25) is 4.99 Å². The molecule has 0 fully saturated rings. The van der Waals surface area contributed by atoms with Gasteiger partial charge in [-0.1, -0.05) is 29.8 Å². The van der Waals surface area contributed by atoms with Crippen molar-refractivity contribution in [2.45, 2.75) is 19.4 Å². The molecule has 148 valence electrons. The molecule has 0 amide bonds. The maximum atomic E-state index is 5.90. The molecule has 0 radical (unpaired) electrons. The molecule has 0 heterocycles. The molecule has 0 aliphatic rings. The molecule has 7 heteroatoms. The number of aryl methyl sites for hydroxylation is 1. The number of hydrogen-bond acceptors (Lipinski definition) is 3. The van der Waals surface area contributed by atoms with E-state index in [0.29, 0.717) is 6.54 Å². The highest BCUT2D eigenvalue weighted by atomic mass is 127. The van der Waals surface area contributed by atoms with Crippen LogP contribution < -0.4 is 20.1 Å². The monoisotopic (exact) mass is 503 g/mol. The lowest BCUT2D eigenvalue weighted by Gasteiger charge is -2.13. The van der Waals surface area contributed by atoms with Gasteiger partial charge in [0.2, 0.25) is 0 Å². The summed E-state index contributed by atoms with van der Waals surface area (Å²) in [6.07, 6.45) is 2.01. The molecule has 0 spiro atoms. The topological polar surface area (TPSA) is 54.9 Å². The first-order valence-electron chi connectivity index (χ1n) is 8.56. The van der Waals surface area contributed by atoms with Crippen molar-refractivity contribution < 1.29 is 9.47 Å². The van der Waals surface area contributed by atoms with Crippen LogP contribution in [0.1, 0.15) is 17.5 Å². The predicted octanol–water partition coefficient (Wildman–Crippen LogP) is 4.27. The van der Waals surface area contributed by atoms with Crippen molar-refractivity contribution in [1.29, 1.82) is 0 Å². The van der Waals surface area contributed by atoms with Crippen LogP contribution in [-0.4, -0.2) is 33.8 Å². The van der Waals surface area contributed by atoms with Crippen molar-refractivity contribution >= 4 is 41.5 Å². The Balaban J connectivity index is 0.00000364. The predicted molar refractivity (Wildman–Crippen MR) is 123 cm³/mol. The summed E-state index contributed by atoms with van der Waals surface area (Å²) in [4.78, 5) is 4.26. The van der Waals surface area contributed by atoms with E-state index in [4.69, 9.17) is 21.1 Å². The summed E-state index contributed by atoms with van der Waals surface area (Å²) in [5.74, 6) is 2.22. The molecule has 0 atom stereocenters. The standard InChI is InChI=1S/C20H26ClN3O2.HI/c1-22-20(23-12-4-5-15-6-9-17(21)10-7-15)24-14-16-8-11-18(25-2)19(13-16)26-3;/h6-11,13H,4-5,12,14H2,1-3H3,(H2,22,23,24);1H. The van der Waals surface area contributed by atoms with E-state index in [0.717, 1.165) is 47.4 Å². The molecule has 5 nitrogen and oxygen atoms in total. The van der Waals surface area contributed by atoms with Crippen molar-refractivity contribution in [3.63, 3.8) is 0 Å². The largest absolute Gasteiger partial charge is 0.493 e. The molecular weight excluding hydrogens is 477 g/mol. The van der Waals surface area contributed by atoms with Gasteiger partial charge in [0, 0.05) is 25.2 Å². The Morgan fingerprint density at radius 3 is 2.26 bits per heavy atom. The molecule has 2 N–H and O–H groups in total. The molecule has 27 heavy (non-hydrogen) atoms. The smallest absolute Gasteiger partial charge is 0.191 e. The highest BCUT2D eigenvalue weighted by Crippen LogP contribution is 2.27. The Hall–Kier alpha value is -1.67. The van der Waals surface area contributed by atoms with Gasteiger partial charge in [-0.2, -0.15) is 0 Å². The van der Waals surface area contributed by atoms with Crippen LogP contribution in [0.2, 0.25) is 5.02 Å². The van der Waals surface area contributed by atoms with Gasteiger partial charge < -0.3 is 20.1 Å². The van der Waals surface area contributed by atoms with Gasteiger partial charge in [-0.15, -0.1) is 24.0 Å². The van der Waals surface area contributed by atoms with Crippen LogP contribution in [0.25, 0.3) is 0 Å². The molecular formula is C20H27ClIN3O2. The summed E-state index contributed by atoms with van der Waals surface area (Å²) in [5.41, 5.74) is 2.37. The third kappa shape index (κ3) is 7.84. The van der Waals surface area contributed by atoms with Gasteiger partial charge in [-0.05, 0) is 48.2 Å². The number of nitrogens with one attached hydrogen (secondary N) is 2. The average molecular weight is 504 g/mol. The third-order valence-electron chi connectivity index (χ3n) is 3.98. The van der Waals surface area contributed by atoms with Crippen LogP contribution in [-0.2, 0) is 13.0 Å². The fourth-order valence-corrected chi connectivity index (χ4v) is 2.67. The van der Waals surface area contributed by atoms with Gasteiger partial charge in [0.25, 0.3) is 0 Å². The second-order valence-corrected chi connectivity index (χ2v) is 6.21. The SMILES string of the molecule is CN=C(NCCCc1ccc(Cl)cc1)NCc1ccc(OC)c(OC)c1.I. The number of hydrogen-bond donors (Lipinski definition) is 2. The molecule has 0 bridgehead atoms. The lowest BCUT2D eigenvalue weighted by Crippen LogP contribution is -2.37. The summed E-state index contributed by atoms with van der Waals surface area (Å²) in [5, 5.41) is 7.41. The lowest BCUT2D eigenvalue weighted by molar-refractivity contribution is 0.354. The summed E-state index contributed by atoms with van der Waals surface area (Å²) >= 11 is 5.90. The third-order valence-corrected chi connectivity index (χ3v) is 4.23. The van der Waals surface area contributed by atoms with Gasteiger partial charge in [0.05, 0.1) is 14.2 Å². The number of benzene rings is 2. The maximum absolute atomic E-state index is 5.90. The van der Waals surface area contributed by atoms with E-state index in [9.17, 15) is 0 Å². The number of guanidine groups is 1. The molecule has 0 aliphatic heterocycles. The minimum atomic E-state index is 0. The second-order valence-electron chi connectivity index (χ2n) is 5.77. The number of halogens is 2. The fourth-order valence-electron chi connectivity index (χ4n) is 2.55. The summed E-state index contributed by atoms with van der Waals surface area (Å²) in [7, 11) is 5.03. The minimum absolute atomic E-state index is 0. The van der Waals surface area contributed by atoms with E-state index in [1.807, 2.05) is 30.3 Å². The first kappa shape index (κ1) is 23.4. The zero-order valence-electron chi connectivity index (χ0n) is 15.9. The summed E-state index contributed by atoms with van der Waals surface area (Å²) in [6.45, 7) is 1.49. The summed E-state index contributed by atoms with van der Waals surface area (Å²) in [6, 6.07) is 13.8. The Labute approximate surface area is 183 Å². The van der Waals surface area contributed by atoms with Crippen molar-refractivity contribution in [2.24, 2.45) is 4.99 Å². The van der Waals surface area contributed by atoms with Gasteiger partial charge >= 0.3 is 0 Å². The van der Waals surface area contributed by atoms with E-state index in [2.05, 4.69) is 27.8 Å². The zero-order valence-corrected chi connectivity index (χ0v) is 19.0. The van der Waals surface area contributed by atoms with Crippen LogP contribution in [0.3, 0.4) is 0 Å². The Morgan fingerprint density at radius 2 is 1.63 bits per heavy atom.